The third-order valence-corrected chi connectivity index (χ3v) is 2.74. The van der Waals surface area contributed by atoms with Gasteiger partial charge in [-0.3, -0.25) is 4.79 Å². The molecule has 1 unspecified atom stereocenters. The molecule has 0 aromatic heterocycles. The predicted molar refractivity (Wildman–Crippen MR) is 70.5 cm³/mol. The number of benzene rings is 1. The first-order valence-electron chi connectivity index (χ1n) is 6.19. The summed E-state index contributed by atoms with van der Waals surface area (Å²) in [7, 11) is 0. The van der Waals surface area contributed by atoms with Gasteiger partial charge in [-0.2, -0.15) is 0 Å². The van der Waals surface area contributed by atoms with Crippen molar-refractivity contribution in [3.8, 4) is 0 Å². The van der Waals surface area contributed by atoms with Crippen LogP contribution in [0.5, 0.6) is 0 Å². The van der Waals surface area contributed by atoms with Crippen LogP contribution < -0.4 is 11.1 Å². The number of hydrogen-bond donors (Lipinski definition) is 2. The van der Waals surface area contributed by atoms with Crippen LogP contribution in [0.3, 0.4) is 0 Å². The normalized spacial score (nSPS) is 14.1. The minimum absolute atomic E-state index is 0.0685. The first-order valence-corrected chi connectivity index (χ1v) is 6.19. The first kappa shape index (κ1) is 13.7. The van der Waals surface area contributed by atoms with E-state index in [0.29, 0.717) is 6.42 Å². The summed E-state index contributed by atoms with van der Waals surface area (Å²) in [6.45, 7) is 3.96. The molecule has 0 spiro atoms. The molecule has 3 nitrogen and oxygen atoms in total. The number of nitrogens with one attached hydrogen (secondary N) is 1. The zero-order chi connectivity index (χ0) is 12.7. The van der Waals surface area contributed by atoms with Crippen molar-refractivity contribution < 1.29 is 4.79 Å². The van der Waals surface area contributed by atoms with Gasteiger partial charge in [0.05, 0.1) is 6.04 Å². The standard InChI is InChI=1S/C14H22N2O/c1-11(15)7-6-10-14(17)16-12(2)13-8-4-3-5-9-13/h3-5,8-9,11-12H,6-7,10,15H2,1-2H3,(H,16,17)/t11?,12-/m0/s1. The van der Waals surface area contributed by atoms with Crippen LogP contribution in [0.2, 0.25) is 0 Å². The summed E-state index contributed by atoms with van der Waals surface area (Å²) >= 11 is 0. The van der Waals surface area contributed by atoms with Crippen LogP contribution in [0.1, 0.15) is 44.7 Å². The largest absolute Gasteiger partial charge is 0.350 e. The molecule has 1 rings (SSSR count). The fourth-order valence-electron chi connectivity index (χ4n) is 1.72. The van der Waals surface area contributed by atoms with Gasteiger partial charge in [-0.15, -0.1) is 0 Å². The van der Waals surface area contributed by atoms with Crippen molar-refractivity contribution in [2.75, 3.05) is 0 Å². The van der Waals surface area contributed by atoms with Gasteiger partial charge in [0.1, 0.15) is 0 Å². The van der Waals surface area contributed by atoms with Gasteiger partial charge in [0, 0.05) is 12.5 Å². The second kappa shape index (κ2) is 7.07. The van der Waals surface area contributed by atoms with E-state index in [1.165, 1.54) is 0 Å². The van der Waals surface area contributed by atoms with Crippen molar-refractivity contribution >= 4 is 5.91 Å². The lowest BCUT2D eigenvalue weighted by Gasteiger charge is -2.14. The Labute approximate surface area is 103 Å². The zero-order valence-corrected chi connectivity index (χ0v) is 10.6. The minimum Gasteiger partial charge on any atom is -0.350 e. The highest BCUT2D eigenvalue weighted by molar-refractivity contribution is 5.76. The van der Waals surface area contributed by atoms with E-state index in [1.54, 1.807) is 0 Å². The maximum Gasteiger partial charge on any atom is 0.220 e. The summed E-state index contributed by atoms with van der Waals surface area (Å²) < 4.78 is 0. The zero-order valence-electron chi connectivity index (χ0n) is 10.6. The van der Waals surface area contributed by atoms with Gasteiger partial charge in [-0.25, -0.2) is 0 Å². The average molecular weight is 234 g/mol. The summed E-state index contributed by atoms with van der Waals surface area (Å²) in [5, 5.41) is 2.99. The van der Waals surface area contributed by atoms with E-state index in [0.717, 1.165) is 18.4 Å². The predicted octanol–water partition coefficient (Wildman–Crippen LogP) is 2.38. The molecule has 0 fully saturated rings. The highest BCUT2D eigenvalue weighted by atomic mass is 16.1. The summed E-state index contributed by atoms with van der Waals surface area (Å²) in [6, 6.07) is 10.2. The van der Waals surface area contributed by atoms with Gasteiger partial charge in [0.25, 0.3) is 0 Å². The first-order chi connectivity index (χ1) is 8.09. The van der Waals surface area contributed by atoms with Crippen LogP contribution in [0.25, 0.3) is 0 Å². The molecule has 3 heteroatoms. The molecule has 0 saturated heterocycles. The smallest absolute Gasteiger partial charge is 0.220 e. The molecule has 1 aromatic carbocycles. The van der Waals surface area contributed by atoms with Gasteiger partial charge in [-0.1, -0.05) is 30.3 Å². The Kier molecular flexibility index (Phi) is 5.70. The van der Waals surface area contributed by atoms with Gasteiger partial charge in [0.15, 0.2) is 0 Å². The van der Waals surface area contributed by atoms with E-state index in [2.05, 4.69) is 5.32 Å². The second-order valence-electron chi connectivity index (χ2n) is 4.57. The van der Waals surface area contributed by atoms with Gasteiger partial charge in [-0.05, 0) is 32.3 Å². The van der Waals surface area contributed by atoms with Crippen LogP contribution in [-0.4, -0.2) is 11.9 Å². The van der Waals surface area contributed by atoms with Crippen LogP contribution in [-0.2, 0) is 4.79 Å². The van der Waals surface area contributed by atoms with Crippen molar-refractivity contribution in [2.24, 2.45) is 5.73 Å². The fourth-order valence-corrected chi connectivity index (χ4v) is 1.72. The van der Waals surface area contributed by atoms with Gasteiger partial charge < -0.3 is 11.1 Å². The molecule has 1 aromatic rings. The Morgan fingerprint density at radius 2 is 1.94 bits per heavy atom. The van der Waals surface area contributed by atoms with Crippen LogP contribution in [0.4, 0.5) is 0 Å². The number of carbonyl (C=O) groups excluding carboxylic acids is 1. The van der Waals surface area contributed by atoms with E-state index < -0.39 is 0 Å². The molecule has 0 aliphatic heterocycles. The maximum absolute atomic E-state index is 11.7. The highest BCUT2D eigenvalue weighted by Gasteiger charge is 2.08. The number of rotatable bonds is 6. The monoisotopic (exact) mass is 234 g/mol. The topological polar surface area (TPSA) is 55.1 Å². The van der Waals surface area contributed by atoms with Crippen LogP contribution >= 0.6 is 0 Å². The molecular formula is C14H22N2O. The highest BCUT2D eigenvalue weighted by Crippen LogP contribution is 2.11. The fraction of sp³-hybridized carbons (Fsp3) is 0.500. The Morgan fingerprint density at radius 3 is 2.53 bits per heavy atom. The van der Waals surface area contributed by atoms with Crippen molar-refractivity contribution in [1.82, 2.24) is 5.32 Å². The lowest BCUT2D eigenvalue weighted by Crippen LogP contribution is -2.26. The summed E-state index contributed by atoms with van der Waals surface area (Å²) in [6.07, 6.45) is 2.30. The number of carbonyl (C=O) groups is 1. The van der Waals surface area contributed by atoms with Crippen LogP contribution in [0, 0.1) is 0 Å². The molecule has 0 aliphatic carbocycles. The number of amides is 1. The Balaban J connectivity index is 2.31. The lowest BCUT2D eigenvalue weighted by atomic mass is 10.1. The Bertz CT molecular complexity index is 335. The lowest BCUT2D eigenvalue weighted by molar-refractivity contribution is -0.121. The van der Waals surface area contributed by atoms with E-state index in [9.17, 15) is 4.79 Å². The molecule has 94 valence electrons. The SMILES string of the molecule is CC(N)CCCC(=O)N[C@@H](C)c1ccccc1. The third-order valence-electron chi connectivity index (χ3n) is 2.74. The molecule has 2 atom stereocenters. The maximum atomic E-state index is 11.7. The molecule has 1 amide bonds. The quantitative estimate of drug-likeness (QED) is 0.794. The molecular weight excluding hydrogens is 212 g/mol. The van der Waals surface area contributed by atoms with E-state index >= 15 is 0 Å². The Hall–Kier alpha value is -1.35. The third kappa shape index (κ3) is 5.50. The second-order valence-corrected chi connectivity index (χ2v) is 4.57. The number of nitrogens with two attached hydrogens (primary N) is 1. The molecule has 0 aliphatic rings. The average Bonchev–Trinajstić information content (AvgIpc) is 2.29. The molecule has 17 heavy (non-hydrogen) atoms. The summed E-state index contributed by atoms with van der Waals surface area (Å²) in [4.78, 5) is 11.7. The molecule has 0 bridgehead atoms. The molecule has 0 saturated carbocycles. The van der Waals surface area contributed by atoms with Gasteiger partial charge in [0.2, 0.25) is 5.91 Å². The Morgan fingerprint density at radius 1 is 1.29 bits per heavy atom. The van der Waals surface area contributed by atoms with Gasteiger partial charge >= 0.3 is 0 Å². The summed E-state index contributed by atoms with van der Waals surface area (Å²) in [5.74, 6) is 0.0991. The van der Waals surface area contributed by atoms with Crippen molar-refractivity contribution in [1.29, 1.82) is 0 Å². The van der Waals surface area contributed by atoms with Crippen LogP contribution in [0.15, 0.2) is 30.3 Å². The molecule has 0 heterocycles. The van der Waals surface area contributed by atoms with E-state index in [4.69, 9.17) is 5.73 Å². The number of hydrogen-bond acceptors (Lipinski definition) is 2. The van der Waals surface area contributed by atoms with Crippen molar-refractivity contribution in [3.05, 3.63) is 35.9 Å². The van der Waals surface area contributed by atoms with E-state index in [-0.39, 0.29) is 18.0 Å². The van der Waals surface area contributed by atoms with Crippen molar-refractivity contribution in [3.63, 3.8) is 0 Å². The minimum atomic E-state index is 0.0685. The van der Waals surface area contributed by atoms with Crippen molar-refractivity contribution in [2.45, 2.75) is 45.2 Å². The molecule has 3 N–H and O–H groups in total. The summed E-state index contributed by atoms with van der Waals surface area (Å²) in [5.41, 5.74) is 6.77. The van der Waals surface area contributed by atoms with E-state index in [1.807, 2.05) is 44.2 Å². The molecule has 0 radical (unpaired) electrons.